The second-order valence-electron chi connectivity index (χ2n) is 6.16. The van der Waals surface area contributed by atoms with E-state index in [2.05, 4.69) is 20.0 Å². The molecule has 25 heavy (non-hydrogen) atoms. The van der Waals surface area contributed by atoms with Crippen molar-refractivity contribution >= 4 is 5.97 Å². The summed E-state index contributed by atoms with van der Waals surface area (Å²) in [6.45, 7) is 1.76. The van der Waals surface area contributed by atoms with Crippen molar-refractivity contribution < 1.29 is 14.3 Å². The van der Waals surface area contributed by atoms with Crippen LogP contribution in [-0.4, -0.2) is 42.2 Å². The Kier molecular flexibility index (Phi) is 5.95. The minimum Gasteiger partial charge on any atom is -0.490 e. The first-order valence-corrected chi connectivity index (χ1v) is 8.58. The molecule has 0 aromatic carbocycles. The van der Waals surface area contributed by atoms with Crippen LogP contribution < -0.4 is 10.1 Å². The van der Waals surface area contributed by atoms with Crippen LogP contribution in [0.4, 0.5) is 0 Å². The number of aromatic nitrogens is 2. The zero-order chi connectivity index (χ0) is 17.5. The molecule has 1 fully saturated rings. The van der Waals surface area contributed by atoms with E-state index in [1.165, 1.54) is 20.0 Å². The van der Waals surface area contributed by atoms with Crippen LogP contribution >= 0.6 is 0 Å². The van der Waals surface area contributed by atoms with E-state index in [1.807, 2.05) is 18.3 Å². The van der Waals surface area contributed by atoms with Gasteiger partial charge in [-0.1, -0.05) is 0 Å². The lowest BCUT2D eigenvalue weighted by molar-refractivity contribution is 0.0600. The summed E-state index contributed by atoms with van der Waals surface area (Å²) in [5.74, 6) is 0.435. The number of hydrogen-bond donors (Lipinski definition) is 1. The first kappa shape index (κ1) is 17.4. The number of nitrogens with zero attached hydrogens (tertiary/aromatic N) is 2. The Labute approximate surface area is 147 Å². The number of carbonyl (C=O) groups excluding carboxylic acids is 1. The normalized spacial score (nSPS) is 16.6. The van der Waals surface area contributed by atoms with Gasteiger partial charge in [0.25, 0.3) is 0 Å². The molecule has 0 saturated carbocycles. The van der Waals surface area contributed by atoms with Gasteiger partial charge in [-0.25, -0.2) is 4.79 Å². The SMILES string of the molecule is COC(=O)c1ccc(CCc2cncc(OC[C@@H]3CCCN3)c2)nc1. The summed E-state index contributed by atoms with van der Waals surface area (Å²) in [6, 6.07) is 6.07. The van der Waals surface area contributed by atoms with Crippen molar-refractivity contribution in [3.63, 3.8) is 0 Å². The topological polar surface area (TPSA) is 73.3 Å². The van der Waals surface area contributed by atoms with Crippen LogP contribution in [0.1, 0.15) is 34.5 Å². The number of hydrogen-bond acceptors (Lipinski definition) is 6. The maximum Gasteiger partial charge on any atom is 0.339 e. The third-order valence-electron chi connectivity index (χ3n) is 4.30. The van der Waals surface area contributed by atoms with Crippen LogP contribution in [0, 0.1) is 0 Å². The maximum atomic E-state index is 11.4. The Bertz CT molecular complexity index is 697. The third kappa shape index (κ3) is 5.00. The van der Waals surface area contributed by atoms with Crippen LogP contribution in [0.3, 0.4) is 0 Å². The van der Waals surface area contributed by atoms with Crippen molar-refractivity contribution in [1.82, 2.24) is 15.3 Å². The zero-order valence-corrected chi connectivity index (χ0v) is 14.4. The molecule has 2 aromatic heterocycles. The number of aryl methyl sites for hydroxylation is 2. The molecule has 0 spiro atoms. The number of pyridine rings is 2. The van der Waals surface area contributed by atoms with Crippen LogP contribution in [0.15, 0.2) is 36.8 Å². The highest BCUT2D eigenvalue weighted by molar-refractivity contribution is 5.88. The van der Waals surface area contributed by atoms with Gasteiger partial charge in [0.2, 0.25) is 0 Å². The van der Waals surface area contributed by atoms with Gasteiger partial charge < -0.3 is 14.8 Å². The molecule has 0 bridgehead atoms. The summed E-state index contributed by atoms with van der Waals surface area (Å²) in [5, 5.41) is 3.42. The molecule has 6 nitrogen and oxygen atoms in total. The summed E-state index contributed by atoms with van der Waals surface area (Å²) in [4.78, 5) is 20.0. The fourth-order valence-corrected chi connectivity index (χ4v) is 2.86. The Morgan fingerprint density at radius 1 is 1.28 bits per heavy atom. The van der Waals surface area contributed by atoms with Crippen molar-refractivity contribution in [3.05, 3.63) is 53.6 Å². The number of nitrogens with one attached hydrogen (secondary N) is 1. The predicted molar refractivity (Wildman–Crippen MR) is 93.7 cm³/mol. The molecule has 1 saturated heterocycles. The lowest BCUT2D eigenvalue weighted by Gasteiger charge is -2.12. The first-order valence-electron chi connectivity index (χ1n) is 8.58. The summed E-state index contributed by atoms with van der Waals surface area (Å²) in [6.07, 6.45) is 9.13. The molecule has 1 aliphatic rings. The summed E-state index contributed by atoms with van der Waals surface area (Å²) < 4.78 is 10.5. The van der Waals surface area contributed by atoms with Gasteiger partial charge in [-0.05, 0) is 56.0 Å². The van der Waals surface area contributed by atoms with Gasteiger partial charge in [0, 0.05) is 24.1 Å². The highest BCUT2D eigenvalue weighted by Gasteiger charge is 2.14. The molecule has 0 radical (unpaired) electrons. The van der Waals surface area contributed by atoms with Gasteiger partial charge >= 0.3 is 5.97 Å². The van der Waals surface area contributed by atoms with Crippen LogP contribution in [0.25, 0.3) is 0 Å². The maximum absolute atomic E-state index is 11.4. The van der Waals surface area contributed by atoms with Gasteiger partial charge in [0.1, 0.15) is 12.4 Å². The van der Waals surface area contributed by atoms with E-state index in [0.717, 1.165) is 36.4 Å². The molecule has 0 aliphatic carbocycles. The Morgan fingerprint density at radius 3 is 2.92 bits per heavy atom. The molecule has 1 N–H and O–H groups in total. The number of ether oxygens (including phenoxy) is 2. The molecule has 3 heterocycles. The lowest BCUT2D eigenvalue weighted by Crippen LogP contribution is -2.28. The molecule has 3 rings (SSSR count). The molecular weight excluding hydrogens is 318 g/mol. The molecule has 2 aromatic rings. The average Bonchev–Trinajstić information content (AvgIpc) is 3.18. The minimum atomic E-state index is -0.371. The summed E-state index contributed by atoms with van der Waals surface area (Å²) in [5.41, 5.74) is 2.49. The Balaban J connectivity index is 1.52. The van der Waals surface area contributed by atoms with Gasteiger partial charge in [-0.15, -0.1) is 0 Å². The van der Waals surface area contributed by atoms with Crippen LogP contribution in [-0.2, 0) is 17.6 Å². The quantitative estimate of drug-likeness (QED) is 0.778. The van der Waals surface area contributed by atoms with Gasteiger partial charge in [-0.2, -0.15) is 0 Å². The van der Waals surface area contributed by atoms with E-state index < -0.39 is 0 Å². The van der Waals surface area contributed by atoms with Gasteiger partial charge in [0.05, 0.1) is 18.9 Å². The highest BCUT2D eigenvalue weighted by atomic mass is 16.5. The summed E-state index contributed by atoms with van der Waals surface area (Å²) >= 11 is 0. The van der Waals surface area contributed by atoms with E-state index in [0.29, 0.717) is 18.2 Å². The van der Waals surface area contributed by atoms with Crippen molar-refractivity contribution in [2.75, 3.05) is 20.3 Å². The lowest BCUT2D eigenvalue weighted by atomic mass is 10.1. The van der Waals surface area contributed by atoms with Gasteiger partial charge in [0.15, 0.2) is 0 Å². The molecule has 132 valence electrons. The van der Waals surface area contributed by atoms with E-state index >= 15 is 0 Å². The second-order valence-corrected chi connectivity index (χ2v) is 6.16. The molecule has 0 unspecified atom stereocenters. The molecule has 0 amide bonds. The van der Waals surface area contributed by atoms with Crippen molar-refractivity contribution in [3.8, 4) is 5.75 Å². The van der Waals surface area contributed by atoms with Crippen molar-refractivity contribution in [1.29, 1.82) is 0 Å². The molecular formula is C19H23N3O3. The number of esters is 1. The van der Waals surface area contributed by atoms with Crippen LogP contribution in [0.2, 0.25) is 0 Å². The fourth-order valence-electron chi connectivity index (χ4n) is 2.86. The molecule has 1 aliphatic heterocycles. The Morgan fingerprint density at radius 2 is 2.20 bits per heavy atom. The highest BCUT2D eigenvalue weighted by Crippen LogP contribution is 2.15. The van der Waals surface area contributed by atoms with Crippen LogP contribution in [0.5, 0.6) is 5.75 Å². The predicted octanol–water partition coefficient (Wildman–Crippen LogP) is 2.18. The third-order valence-corrected chi connectivity index (χ3v) is 4.30. The van der Waals surface area contributed by atoms with Gasteiger partial charge in [-0.3, -0.25) is 9.97 Å². The Hall–Kier alpha value is -2.47. The second kappa shape index (κ2) is 8.58. The first-order chi connectivity index (χ1) is 12.2. The largest absolute Gasteiger partial charge is 0.490 e. The zero-order valence-electron chi connectivity index (χ0n) is 14.4. The smallest absolute Gasteiger partial charge is 0.339 e. The average molecular weight is 341 g/mol. The number of methoxy groups -OCH3 is 1. The monoisotopic (exact) mass is 341 g/mol. The molecule has 6 heteroatoms. The minimum absolute atomic E-state index is 0.371. The fraction of sp³-hybridized carbons (Fsp3) is 0.421. The molecule has 1 atom stereocenters. The number of rotatable bonds is 7. The van der Waals surface area contributed by atoms with E-state index in [4.69, 9.17) is 4.74 Å². The summed E-state index contributed by atoms with van der Waals surface area (Å²) in [7, 11) is 1.36. The van der Waals surface area contributed by atoms with E-state index in [9.17, 15) is 4.79 Å². The van der Waals surface area contributed by atoms with Crippen molar-refractivity contribution in [2.24, 2.45) is 0 Å². The van der Waals surface area contributed by atoms with E-state index in [1.54, 1.807) is 18.5 Å². The van der Waals surface area contributed by atoms with E-state index in [-0.39, 0.29) is 5.97 Å². The van der Waals surface area contributed by atoms with Crippen molar-refractivity contribution in [2.45, 2.75) is 31.7 Å². The standard InChI is InChI=1S/C19H23N3O3/c1-24-19(23)15-5-7-16(22-11-15)6-4-14-9-18(12-20-10-14)25-13-17-3-2-8-21-17/h5,7,9-12,17,21H,2-4,6,8,13H2,1H3/t17-/m0/s1. The number of carbonyl (C=O) groups is 1.